The number of hydrogen-bond donors (Lipinski definition) is 1. The fourth-order valence-electron chi connectivity index (χ4n) is 1.97. The molecule has 122 valence electrons. The zero-order valence-electron chi connectivity index (χ0n) is 13.3. The van der Waals surface area contributed by atoms with Gasteiger partial charge >= 0.3 is 0 Å². The molecule has 0 fully saturated rings. The fraction of sp³-hybridized carbons (Fsp3) is 0.278. The maximum atomic E-state index is 13.0. The first-order valence-corrected chi connectivity index (χ1v) is 7.62. The Morgan fingerprint density at radius 3 is 2.39 bits per heavy atom. The Bertz CT molecular complexity index is 693. The maximum absolute atomic E-state index is 13.0. The second-order valence-corrected chi connectivity index (χ2v) is 6.65. The topological polar surface area (TPSA) is 38.3 Å². The van der Waals surface area contributed by atoms with Crippen LogP contribution in [0.2, 0.25) is 5.02 Å². The number of nitrogens with one attached hydrogen (secondary N) is 1. The van der Waals surface area contributed by atoms with E-state index in [0.717, 1.165) is 0 Å². The molecule has 1 N–H and O–H groups in total. The van der Waals surface area contributed by atoms with Crippen LogP contribution in [0.15, 0.2) is 42.5 Å². The van der Waals surface area contributed by atoms with Gasteiger partial charge in [0.2, 0.25) is 0 Å². The van der Waals surface area contributed by atoms with Gasteiger partial charge in [0, 0.05) is 11.8 Å². The Morgan fingerprint density at radius 1 is 1.17 bits per heavy atom. The summed E-state index contributed by atoms with van der Waals surface area (Å²) in [5.74, 6) is -0.481. The molecule has 23 heavy (non-hydrogen) atoms. The summed E-state index contributed by atoms with van der Waals surface area (Å²) < 4.78 is 18.3. The van der Waals surface area contributed by atoms with Crippen molar-refractivity contribution in [3.8, 4) is 5.75 Å². The van der Waals surface area contributed by atoms with Gasteiger partial charge in [0.25, 0.3) is 5.91 Å². The third kappa shape index (κ3) is 4.96. The van der Waals surface area contributed by atoms with Crippen molar-refractivity contribution in [2.45, 2.75) is 26.2 Å². The Hall–Kier alpha value is -2.07. The number of halogens is 2. The van der Waals surface area contributed by atoms with Gasteiger partial charge in [-0.05, 0) is 35.2 Å². The molecule has 0 aliphatic heterocycles. The number of amides is 1. The van der Waals surface area contributed by atoms with Gasteiger partial charge in [0.15, 0.2) is 6.61 Å². The first kappa shape index (κ1) is 17.3. The first-order chi connectivity index (χ1) is 10.8. The number of hydrogen-bond acceptors (Lipinski definition) is 2. The van der Waals surface area contributed by atoms with Gasteiger partial charge in [0.1, 0.15) is 11.6 Å². The monoisotopic (exact) mass is 335 g/mol. The summed E-state index contributed by atoms with van der Waals surface area (Å²) in [5.41, 5.74) is 1.95. The van der Waals surface area contributed by atoms with Crippen LogP contribution in [0, 0.1) is 5.82 Å². The van der Waals surface area contributed by atoms with Crippen LogP contribution in [-0.4, -0.2) is 12.5 Å². The predicted molar refractivity (Wildman–Crippen MR) is 90.7 cm³/mol. The van der Waals surface area contributed by atoms with Crippen molar-refractivity contribution in [1.29, 1.82) is 0 Å². The highest BCUT2D eigenvalue weighted by Gasteiger charge is 2.13. The van der Waals surface area contributed by atoms with Gasteiger partial charge < -0.3 is 10.1 Å². The van der Waals surface area contributed by atoms with Crippen molar-refractivity contribution in [3.63, 3.8) is 0 Å². The second-order valence-electron chi connectivity index (χ2n) is 6.24. The molecule has 2 aromatic carbocycles. The third-order valence-corrected chi connectivity index (χ3v) is 3.59. The van der Waals surface area contributed by atoms with Crippen LogP contribution in [0.3, 0.4) is 0 Å². The van der Waals surface area contributed by atoms with E-state index < -0.39 is 5.82 Å². The molecule has 0 aliphatic carbocycles. The summed E-state index contributed by atoms with van der Waals surface area (Å²) in [6.07, 6.45) is 0. The van der Waals surface area contributed by atoms with E-state index in [1.165, 1.54) is 23.8 Å². The average Bonchev–Trinajstić information content (AvgIpc) is 2.48. The van der Waals surface area contributed by atoms with Crippen LogP contribution in [0.25, 0.3) is 0 Å². The molecular weight excluding hydrogens is 317 g/mol. The van der Waals surface area contributed by atoms with Crippen LogP contribution in [0.5, 0.6) is 5.75 Å². The minimum Gasteiger partial charge on any atom is -0.484 e. The molecule has 0 aromatic heterocycles. The SMILES string of the molecule is CC(C)(C)c1ccc(NC(=O)COc2ccc(F)c(Cl)c2)cc1. The standard InChI is InChI=1S/C18H19ClFNO2/c1-18(2,3)12-4-6-13(7-5-12)21-17(22)11-23-14-8-9-16(20)15(19)10-14/h4-10H,11H2,1-3H3,(H,21,22). The maximum Gasteiger partial charge on any atom is 0.262 e. The fourth-order valence-corrected chi connectivity index (χ4v) is 2.14. The van der Waals surface area contributed by atoms with Crippen LogP contribution >= 0.6 is 11.6 Å². The molecule has 3 nitrogen and oxygen atoms in total. The van der Waals surface area contributed by atoms with E-state index in [1.807, 2.05) is 24.3 Å². The normalized spacial score (nSPS) is 11.2. The lowest BCUT2D eigenvalue weighted by Gasteiger charge is -2.19. The minimum atomic E-state index is -0.526. The molecular formula is C18H19ClFNO2. The van der Waals surface area contributed by atoms with E-state index in [1.54, 1.807) is 0 Å². The number of carbonyl (C=O) groups is 1. The molecule has 0 saturated heterocycles. The molecule has 0 aliphatic rings. The largest absolute Gasteiger partial charge is 0.484 e. The Kier molecular flexibility index (Phi) is 5.26. The van der Waals surface area contributed by atoms with E-state index in [9.17, 15) is 9.18 Å². The van der Waals surface area contributed by atoms with Crippen molar-refractivity contribution in [1.82, 2.24) is 0 Å². The summed E-state index contributed by atoms with van der Waals surface area (Å²) in [6, 6.07) is 11.6. The van der Waals surface area contributed by atoms with Crippen LogP contribution < -0.4 is 10.1 Å². The number of carbonyl (C=O) groups excluding carboxylic acids is 1. The van der Waals surface area contributed by atoms with Crippen LogP contribution in [0.1, 0.15) is 26.3 Å². The third-order valence-electron chi connectivity index (χ3n) is 3.30. The van der Waals surface area contributed by atoms with Crippen molar-refractivity contribution in [3.05, 3.63) is 58.9 Å². The zero-order valence-corrected chi connectivity index (χ0v) is 14.1. The number of benzene rings is 2. The van der Waals surface area contributed by atoms with Gasteiger partial charge in [-0.3, -0.25) is 4.79 Å². The smallest absolute Gasteiger partial charge is 0.262 e. The lowest BCUT2D eigenvalue weighted by atomic mass is 9.87. The Labute approximate surface area is 140 Å². The summed E-state index contributed by atoms with van der Waals surface area (Å²) >= 11 is 5.65. The van der Waals surface area contributed by atoms with E-state index in [-0.39, 0.29) is 23.0 Å². The minimum absolute atomic E-state index is 0.0410. The lowest BCUT2D eigenvalue weighted by Crippen LogP contribution is -2.20. The van der Waals surface area contributed by atoms with Crippen molar-refractivity contribution in [2.75, 3.05) is 11.9 Å². The summed E-state index contributed by atoms with van der Waals surface area (Å²) in [7, 11) is 0. The van der Waals surface area contributed by atoms with E-state index in [0.29, 0.717) is 11.4 Å². The molecule has 1 amide bonds. The lowest BCUT2D eigenvalue weighted by molar-refractivity contribution is -0.118. The van der Waals surface area contributed by atoms with Crippen molar-refractivity contribution < 1.29 is 13.9 Å². The van der Waals surface area contributed by atoms with Crippen molar-refractivity contribution in [2.24, 2.45) is 0 Å². The molecule has 5 heteroatoms. The van der Waals surface area contributed by atoms with Gasteiger partial charge in [-0.15, -0.1) is 0 Å². The predicted octanol–water partition coefficient (Wildman–Crippen LogP) is 4.79. The molecule has 0 unspecified atom stereocenters. The highest BCUT2D eigenvalue weighted by atomic mass is 35.5. The molecule has 2 rings (SSSR count). The van der Waals surface area contributed by atoms with E-state index in [4.69, 9.17) is 16.3 Å². The molecule has 0 radical (unpaired) electrons. The van der Waals surface area contributed by atoms with Crippen LogP contribution in [-0.2, 0) is 10.2 Å². The number of ether oxygens (including phenoxy) is 1. The van der Waals surface area contributed by atoms with Gasteiger partial charge in [-0.1, -0.05) is 44.5 Å². The quantitative estimate of drug-likeness (QED) is 0.872. The van der Waals surface area contributed by atoms with Gasteiger partial charge in [0.05, 0.1) is 5.02 Å². The summed E-state index contributed by atoms with van der Waals surface area (Å²) in [5, 5.41) is 2.70. The van der Waals surface area contributed by atoms with Gasteiger partial charge in [-0.2, -0.15) is 0 Å². The number of anilines is 1. The molecule has 0 heterocycles. The highest BCUT2D eigenvalue weighted by Crippen LogP contribution is 2.24. The Balaban J connectivity index is 1.90. The zero-order chi connectivity index (χ0) is 17.0. The summed E-state index contributed by atoms with van der Waals surface area (Å²) in [4.78, 5) is 11.9. The Morgan fingerprint density at radius 2 is 1.83 bits per heavy atom. The second kappa shape index (κ2) is 7.01. The van der Waals surface area contributed by atoms with Crippen LogP contribution in [0.4, 0.5) is 10.1 Å². The molecule has 0 saturated carbocycles. The molecule has 0 bridgehead atoms. The van der Waals surface area contributed by atoms with Gasteiger partial charge in [-0.25, -0.2) is 4.39 Å². The molecule has 2 aromatic rings. The average molecular weight is 336 g/mol. The number of rotatable bonds is 4. The summed E-state index contributed by atoms with van der Waals surface area (Å²) in [6.45, 7) is 6.20. The first-order valence-electron chi connectivity index (χ1n) is 7.24. The highest BCUT2D eigenvalue weighted by molar-refractivity contribution is 6.30. The van der Waals surface area contributed by atoms with Crippen molar-refractivity contribution >= 4 is 23.2 Å². The van der Waals surface area contributed by atoms with E-state index in [2.05, 4.69) is 26.1 Å². The molecule has 0 spiro atoms. The van der Waals surface area contributed by atoms with E-state index >= 15 is 0 Å². The molecule has 0 atom stereocenters.